The fourth-order valence-corrected chi connectivity index (χ4v) is 1.37. The molecule has 0 bridgehead atoms. The number of pyridine rings is 1. The van der Waals surface area contributed by atoms with Crippen molar-refractivity contribution in [3.8, 4) is 0 Å². The Kier molecular flexibility index (Phi) is 3.38. The third-order valence-corrected chi connectivity index (χ3v) is 2.27. The number of aromatic carboxylic acids is 1. The average Bonchev–Trinajstić information content (AvgIpc) is 2.89. The normalized spacial score (nSPS) is 10.0. The maximum atomic E-state index is 11.8. The van der Waals surface area contributed by atoms with Gasteiger partial charge in [0.25, 0.3) is 5.91 Å². The van der Waals surface area contributed by atoms with E-state index < -0.39 is 5.97 Å². The molecule has 0 saturated carbocycles. The van der Waals surface area contributed by atoms with E-state index in [1.54, 1.807) is 6.07 Å². The molecule has 1 amide bonds. The molecule has 2 N–H and O–H groups in total. The van der Waals surface area contributed by atoms with Gasteiger partial charge in [-0.25, -0.2) is 9.78 Å². The Balaban J connectivity index is 2.04. The molecule has 0 aliphatic heterocycles. The molecule has 6 heteroatoms. The number of rotatable bonds is 4. The molecule has 2 rings (SSSR count). The van der Waals surface area contributed by atoms with Crippen molar-refractivity contribution in [3.05, 3.63) is 53.7 Å². The fourth-order valence-electron chi connectivity index (χ4n) is 1.37. The van der Waals surface area contributed by atoms with Crippen LogP contribution in [0, 0.1) is 0 Å². The maximum absolute atomic E-state index is 11.8. The molecule has 0 aliphatic rings. The number of amides is 1. The number of carboxylic acid groups (broad SMARTS) is 1. The van der Waals surface area contributed by atoms with Crippen LogP contribution in [0.1, 0.15) is 26.4 Å². The van der Waals surface area contributed by atoms with Crippen LogP contribution >= 0.6 is 0 Å². The summed E-state index contributed by atoms with van der Waals surface area (Å²) < 4.78 is 4.86. The zero-order chi connectivity index (χ0) is 13.0. The predicted molar refractivity (Wildman–Crippen MR) is 61.1 cm³/mol. The van der Waals surface area contributed by atoms with Crippen molar-refractivity contribution in [1.29, 1.82) is 0 Å². The molecule has 2 heterocycles. The molecule has 0 saturated heterocycles. The summed E-state index contributed by atoms with van der Waals surface area (Å²) in [6.07, 6.45) is 4.32. The summed E-state index contributed by atoms with van der Waals surface area (Å²) in [5.74, 6) is -1.53. The van der Waals surface area contributed by atoms with Gasteiger partial charge in [-0.2, -0.15) is 0 Å². The maximum Gasteiger partial charge on any atom is 0.354 e. The lowest BCUT2D eigenvalue weighted by molar-refractivity contribution is 0.0690. The minimum Gasteiger partial charge on any atom is -0.477 e. The van der Waals surface area contributed by atoms with Crippen molar-refractivity contribution in [2.75, 3.05) is 0 Å². The molecule has 0 spiro atoms. The zero-order valence-corrected chi connectivity index (χ0v) is 9.29. The number of nitrogens with one attached hydrogen (secondary N) is 1. The van der Waals surface area contributed by atoms with E-state index in [0.717, 1.165) is 5.56 Å². The van der Waals surface area contributed by atoms with Crippen molar-refractivity contribution in [3.63, 3.8) is 0 Å². The van der Waals surface area contributed by atoms with Gasteiger partial charge in [0.15, 0.2) is 0 Å². The second-order valence-corrected chi connectivity index (χ2v) is 3.55. The van der Waals surface area contributed by atoms with E-state index in [1.807, 2.05) is 0 Å². The van der Waals surface area contributed by atoms with E-state index in [4.69, 9.17) is 9.52 Å². The standard InChI is InChI=1S/C12H10N2O4/c15-11(14-6-8-2-4-18-7-8)9-1-3-13-10(5-9)12(16)17/h1-5,7H,6H2,(H,14,15)(H,16,17). The van der Waals surface area contributed by atoms with E-state index in [9.17, 15) is 9.59 Å². The number of carbonyl (C=O) groups is 2. The summed E-state index contributed by atoms with van der Waals surface area (Å²) in [5, 5.41) is 11.4. The monoisotopic (exact) mass is 246 g/mol. The molecule has 6 nitrogen and oxygen atoms in total. The van der Waals surface area contributed by atoms with Crippen LogP contribution in [-0.4, -0.2) is 22.0 Å². The molecule has 2 aromatic heterocycles. The Labute approximate surface area is 102 Å². The molecule has 0 radical (unpaired) electrons. The van der Waals surface area contributed by atoms with Crippen LogP contribution < -0.4 is 5.32 Å². The van der Waals surface area contributed by atoms with Crippen molar-refractivity contribution < 1.29 is 19.1 Å². The molecular weight excluding hydrogens is 236 g/mol. The van der Waals surface area contributed by atoms with Crippen LogP contribution in [0.2, 0.25) is 0 Å². The Hall–Kier alpha value is -2.63. The molecule has 18 heavy (non-hydrogen) atoms. The van der Waals surface area contributed by atoms with Gasteiger partial charge in [-0.1, -0.05) is 0 Å². The first kappa shape index (κ1) is 11.8. The van der Waals surface area contributed by atoms with Gasteiger partial charge in [0.05, 0.1) is 12.5 Å². The second kappa shape index (κ2) is 5.13. The molecule has 0 fully saturated rings. The lowest BCUT2D eigenvalue weighted by Gasteiger charge is -2.03. The number of hydrogen-bond acceptors (Lipinski definition) is 4. The molecule has 0 unspecified atom stereocenters. The number of nitrogens with zero attached hydrogens (tertiary/aromatic N) is 1. The summed E-state index contributed by atoms with van der Waals surface area (Å²) in [4.78, 5) is 26.1. The summed E-state index contributed by atoms with van der Waals surface area (Å²) in [7, 11) is 0. The van der Waals surface area contributed by atoms with Gasteiger partial charge in [-0.05, 0) is 18.2 Å². The molecule has 92 valence electrons. The minimum absolute atomic E-state index is 0.161. The van der Waals surface area contributed by atoms with Crippen molar-refractivity contribution in [1.82, 2.24) is 10.3 Å². The summed E-state index contributed by atoms with van der Waals surface area (Å²) >= 11 is 0. The first-order chi connectivity index (χ1) is 8.66. The van der Waals surface area contributed by atoms with Crippen molar-refractivity contribution in [2.24, 2.45) is 0 Å². The summed E-state index contributed by atoms with van der Waals surface area (Å²) in [6, 6.07) is 4.42. The SMILES string of the molecule is O=C(NCc1ccoc1)c1ccnc(C(=O)O)c1. The number of furan rings is 1. The molecular formula is C12H10N2O4. The van der Waals surface area contributed by atoms with Crippen LogP contribution in [0.15, 0.2) is 41.3 Å². The van der Waals surface area contributed by atoms with Crippen LogP contribution in [0.3, 0.4) is 0 Å². The highest BCUT2D eigenvalue weighted by molar-refractivity contribution is 5.96. The van der Waals surface area contributed by atoms with E-state index >= 15 is 0 Å². The van der Waals surface area contributed by atoms with Crippen molar-refractivity contribution in [2.45, 2.75) is 6.54 Å². The van der Waals surface area contributed by atoms with E-state index in [2.05, 4.69) is 10.3 Å². The highest BCUT2D eigenvalue weighted by atomic mass is 16.4. The first-order valence-electron chi connectivity index (χ1n) is 5.15. The molecule has 2 aromatic rings. The molecule has 0 aromatic carbocycles. The third kappa shape index (κ3) is 2.73. The van der Waals surface area contributed by atoms with Gasteiger partial charge in [-0.3, -0.25) is 4.79 Å². The Bertz CT molecular complexity index is 563. The smallest absolute Gasteiger partial charge is 0.354 e. The lowest BCUT2D eigenvalue weighted by atomic mass is 10.2. The quantitative estimate of drug-likeness (QED) is 0.848. The van der Waals surface area contributed by atoms with E-state index in [1.165, 1.54) is 30.9 Å². The Morgan fingerprint density at radius 3 is 2.89 bits per heavy atom. The summed E-state index contributed by atoms with van der Waals surface area (Å²) in [6.45, 7) is 0.320. The first-order valence-corrected chi connectivity index (χ1v) is 5.15. The minimum atomic E-state index is -1.17. The topological polar surface area (TPSA) is 92.4 Å². The molecule has 0 atom stereocenters. The highest BCUT2D eigenvalue weighted by Gasteiger charge is 2.10. The number of aromatic nitrogens is 1. The Morgan fingerprint density at radius 2 is 2.22 bits per heavy atom. The van der Waals surface area contributed by atoms with Gasteiger partial charge in [0.1, 0.15) is 5.69 Å². The van der Waals surface area contributed by atoms with Crippen LogP contribution in [-0.2, 0) is 6.54 Å². The summed E-state index contributed by atoms with van der Waals surface area (Å²) in [5.41, 5.74) is 0.924. The van der Waals surface area contributed by atoms with E-state index in [-0.39, 0.29) is 17.2 Å². The van der Waals surface area contributed by atoms with Crippen LogP contribution in [0.25, 0.3) is 0 Å². The van der Waals surface area contributed by atoms with Crippen LogP contribution in [0.5, 0.6) is 0 Å². The zero-order valence-electron chi connectivity index (χ0n) is 9.29. The van der Waals surface area contributed by atoms with Gasteiger partial charge in [-0.15, -0.1) is 0 Å². The number of hydrogen-bond donors (Lipinski definition) is 2. The Morgan fingerprint density at radius 1 is 1.39 bits per heavy atom. The number of carbonyl (C=O) groups excluding carboxylic acids is 1. The van der Waals surface area contributed by atoms with Crippen LogP contribution in [0.4, 0.5) is 0 Å². The third-order valence-electron chi connectivity index (χ3n) is 2.27. The van der Waals surface area contributed by atoms with Gasteiger partial charge in [0, 0.05) is 23.9 Å². The largest absolute Gasteiger partial charge is 0.477 e. The number of carboxylic acids is 1. The van der Waals surface area contributed by atoms with Crippen molar-refractivity contribution >= 4 is 11.9 Å². The predicted octanol–water partition coefficient (Wildman–Crippen LogP) is 1.30. The lowest BCUT2D eigenvalue weighted by Crippen LogP contribution is -2.23. The van der Waals surface area contributed by atoms with Gasteiger partial charge in [0.2, 0.25) is 0 Å². The van der Waals surface area contributed by atoms with Gasteiger partial charge < -0.3 is 14.8 Å². The highest BCUT2D eigenvalue weighted by Crippen LogP contribution is 2.04. The average molecular weight is 246 g/mol. The fraction of sp³-hybridized carbons (Fsp3) is 0.0833. The second-order valence-electron chi connectivity index (χ2n) is 3.55. The van der Waals surface area contributed by atoms with Gasteiger partial charge >= 0.3 is 5.97 Å². The molecule has 0 aliphatic carbocycles. The van der Waals surface area contributed by atoms with E-state index in [0.29, 0.717) is 6.54 Å².